The van der Waals surface area contributed by atoms with Crippen LogP contribution in [0.4, 0.5) is 0 Å². The van der Waals surface area contributed by atoms with Gasteiger partial charge in [-0.25, -0.2) is 9.79 Å². The Kier molecular flexibility index (Phi) is 9.46. The van der Waals surface area contributed by atoms with Crippen molar-refractivity contribution < 1.29 is 19.0 Å². The minimum absolute atomic E-state index is 0.187. The highest BCUT2D eigenvalue weighted by Gasteiger charge is 2.33. The molecule has 0 unspecified atom stereocenters. The van der Waals surface area contributed by atoms with Crippen molar-refractivity contribution in [1.82, 2.24) is 4.57 Å². The molecular weight excluding hydrogens is 675 g/mol. The van der Waals surface area contributed by atoms with E-state index in [9.17, 15) is 9.59 Å². The van der Waals surface area contributed by atoms with Gasteiger partial charge in [-0.05, 0) is 62.2 Å². The molecule has 1 aliphatic heterocycles. The normalized spacial score (nSPS) is 14.8. The number of carbonyl (C=O) groups is 1. The van der Waals surface area contributed by atoms with Crippen molar-refractivity contribution in [2.75, 3.05) is 13.7 Å². The van der Waals surface area contributed by atoms with Crippen LogP contribution in [0.1, 0.15) is 42.1 Å². The van der Waals surface area contributed by atoms with E-state index in [2.05, 4.69) is 20.9 Å². The molecule has 1 atom stereocenters. The van der Waals surface area contributed by atoms with E-state index < -0.39 is 12.0 Å². The molecule has 0 N–H and O–H groups in total. The van der Waals surface area contributed by atoms with Gasteiger partial charge in [0.25, 0.3) is 5.56 Å². The maximum atomic E-state index is 14.1. The van der Waals surface area contributed by atoms with Gasteiger partial charge in [-0.1, -0.05) is 86.4 Å². The Balaban J connectivity index is 1.65. The third kappa shape index (κ3) is 6.45. The number of allylic oxidation sites excluding steroid dienone is 1. The number of benzene rings is 3. The van der Waals surface area contributed by atoms with Gasteiger partial charge in [0.2, 0.25) is 0 Å². The molecule has 1 aliphatic rings. The fourth-order valence-corrected chi connectivity index (χ4v) is 6.60. The number of thiazole rings is 1. The van der Waals surface area contributed by atoms with E-state index in [4.69, 9.17) is 37.4 Å². The minimum Gasteiger partial charge on any atom is -0.493 e. The van der Waals surface area contributed by atoms with Crippen LogP contribution in [0.3, 0.4) is 0 Å². The molecule has 43 heavy (non-hydrogen) atoms. The summed E-state index contributed by atoms with van der Waals surface area (Å²) in [4.78, 5) is 32.4. The van der Waals surface area contributed by atoms with Crippen molar-refractivity contribution in [1.29, 1.82) is 0 Å². The van der Waals surface area contributed by atoms with E-state index in [-0.39, 0.29) is 18.8 Å². The van der Waals surface area contributed by atoms with Gasteiger partial charge in [-0.2, -0.15) is 0 Å². The van der Waals surface area contributed by atoms with E-state index in [1.165, 1.54) is 11.3 Å². The average molecular weight is 702 g/mol. The van der Waals surface area contributed by atoms with Crippen LogP contribution in [0, 0.1) is 6.92 Å². The van der Waals surface area contributed by atoms with Crippen LogP contribution in [0.15, 0.2) is 80.1 Å². The Morgan fingerprint density at radius 1 is 1.09 bits per heavy atom. The lowest BCUT2D eigenvalue weighted by Crippen LogP contribution is -2.39. The average Bonchev–Trinajstić information content (AvgIpc) is 3.27. The summed E-state index contributed by atoms with van der Waals surface area (Å²) >= 11 is 17.0. The summed E-state index contributed by atoms with van der Waals surface area (Å²) in [6.07, 6.45) is 1.75. The molecule has 0 saturated carbocycles. The molecule has 3 aromatic carbocycles. The quantitative estimate of drug-likeness (QED) is 0.190. The summed E-state index contributed by atoms with van der Waals surface area (Å²) in [5.74, 6) is 0.422. The number of aryl methyl sites for hydroxylation is 1. The van der Waals surface area contributed by atoms with E-state index in [0.717, 1.165) is 21.2 Å². The van der Waals surface area contributed by atoms with Crippen molar-refractivity contribution >= 4 is 62.5 Å². The molecule has 0 radical (unpaired) electrons. The standard InChI is InChI=1S/C32H27BrCl2N2O5S/c1-5-41-31(39)27-18(3)36-32-37(28(27)20-9-6-17(2)7-10-20)30(38)26(43-32)14-21-13-22(33)15-25(40-4)29(21)42-16-19-8-11-23(34)24(35)12-19/h6-15,28H,5,16H2,1-4H3/b26-14-/t28-/m1/s1. The second kappa shape index (κ2) is 13.1. The van der Waals surface area contributed by atoms with Gasteiger partial charge in [0.05, 0.1) is 45.6 Å². The summed E-state index contributed by atoms with van der Waals surface area (Å²) in [5, 5.41) is 0.875. The Hall–Kier alpha value is -3.37. The molecule has 1 aromatic heterocycles. The topological polar surface area (TPSA) is 79.1 Å². The summed E-state index contributed by atoms with van der Waals surface area (Å²) in [6.45, 7) is 5.88. The fourth-order valence-electron chi connectivity index (χ4n) is 4.78. The van der Waals surface area contributed by atoms with Crippen LogP contribution in [-0.2, 0) is 16.1 Å². The second-order valence-electron chi connectivity index (χ2n) is 9.78. The largest absolute Gasteiger partial charge is 0.493 e. The molecule has 11 heteroatoms. The van der Waals surface area contributed by atoms with Gasteiger partial charge < -0.3 is 14.2 Å². The Morgan fingerprint density at radius 3 is 2.51 bits per heavy atom. The Labute approximate surface area is 270 Å². The van der Waals surface area contributed by atoms with E-state index in [1.807, 2.05) is 43.3 Å². The van der Waals surface area contributed by atoms with Crippen LogP contribution >= 0.6 is 50.5 Å². The highest BCUT2D eigenvalue weighted by Crippen LogP contribution is 2.36. The molecule has 0 fully saturated rings. The fraction of sp³-hybridized carbons (Fsp3) is 0.219. The predicted octanol–water partition coefficient (Wildman–Crippen LogP) is 6.76. The zero-order valence-electron chi connectivity index (χ0n) is 23.7. The molecule has 0 amide bonds. The third-order valence-electron chi connectivity index (χ3n) is 6.83. The lowest BCUT2D eigenvalue weighted by Gasteiger charge is -2.24. The van der Waals surface area contributed by atoms with Crippen LogP contribution in [-0.4, -0.2) is 24.3 Å². The van der Waals surface area contributed by atoms with Gasteiger partial charge in [-0.15, -0.1) is 0 Å². The van der Waals surface area contributed by atoms with Gasteiger partial charge in [0, 0.05) is 10.0 Å². The lowest BCUT2D eigenvalue weighted by molar-refractivity contribution is -0.139. The zero-order valence-corrected chi connectivity index (χ0v) is 27.7. The Morgan fingerprint density at radius 2 is 1.84 bits per heavy atom. The number of aromatic nitrogens is 1. The molecule has 7 nitrogen and oxygen atoms in total. The maximum Gasteiger partial charge on any atom is 0.338 e. The van der Waals surface area contributed by atoms with E-state index >= 15 is 0 Å². The first-order valence-corrected chi connectivity index (χ1v) is 15.7. The number of methoxy groups -OCH3 is 1. The first-order chi connectivity index (χ1) is 20.6. The Bertz CT molecular complexity index is 1930. The summed E-state index contributed by atoms with van der Waals surface area (Å²) in [5.41, 5.74) is 3.82. The van der Waals surface area contributed by atoms with Gasteiger partial charge in [0.1, 0.15) is 6.61 Å². The maximum absolute atomic E-state index is 14.1. The molecule has 0 bridgehead atoms. The van der Waals surface area contributed by atoms with Crippen LogP contribution in [0.25, 0.3) is 6.08 Å². The lowest BCUT2D eigenvalue weighted by atomic mass is 9.95. The molecular formula is C32H27BrCl2N2O5S. The zero-order chi connectivity index (χ0) is 30.8. The summed E-state index contributed by atoms with van der Waals surface area (Å²) < 4.78 is 20.0. The molecule has 2 heterocycles. The van der Waals surface area contributed by atoms with Crippen molar-refractivity contribution in [3.05, 3.63) is 122 Å². The monoisotopic (exact) mass is 700 g/mol. The van der Waals surface area contributed by atoms with Crippen LogP contribution in [0.5, 0.6) is 11.5 Å². The smallest absolute Gasteiger partial charge is 0.338 e. The van der Waals surface area contributed by atoms with Crippen LogP contribution < -0.4 is 24.4 Å². The first kappa shape index (κ1) is 31.1. The second-order valence-corrected chi connectivity index (χ2v) is 12.5. The van der Waals surface area contributed by atoms with Gasteiger partial charge >= 0.3 is 5.97 Å². The highest BCUT2D eigenvalue weighted by molar-refractivity contribution is 9.10. The van der Waals surface area contributed by atoms with Crippen molar-refractivity contribution in [2.45, 2.75) is 33.4 Å². The third-order valence-corrected chi connectivity index (χ3v) is 9.01. The van der Waals surface area contributed by atoms with Crippen molar-refractivity contribution in [2.24, 2.45) is 4.99 Å². The molecule has 0 spiro atoms. The number of hydrogen-bond donors (Lipinski definition) is 0. The van der Waals surface area contributed by atoms with Gasteiger partial charge in [0.15, 0.2) is 16.3 Å². The molecule has 4 aromatic rings. The van der Waals surface area contributed by atoms with Crippen molar-refractivity contribution in [3.63, 3.8) is 0 Å². The molecule has 5 rings (SSSR count). The first-order valence-electron chi connectivity index (χ1n) is 13.3. The van der Waals surface area contributed by atoms with Crippen LogP contribution in [0.2, 0.25) is 10.0 Å². The number of halogens is 3. The summed E-state index contributed by atoms with van der Waals surface area (Å²) in [6, 6.07) is 16.0. The number of rotatable bonds is 8. The SMILES string of the molecule is CCOC(=O)C1=C(C)N=c2s/c(=C\c3cc(Br)cc(OC)c3OCc3ccc(Cl)c(Cl)c3)c(=O)n2[C@@H]1c1ccc(C)cc1. The number of ether oxygens (including phenoxy) is 3. The number of nitrogens with zero attached hydrogens (tertiary/aromatic N) is 2. The number of fused-ring (bicyclic) bond motifs is 1. The predicted molar refractivity (Wildman–Crippen MR) is 173 cm³/mol. The molecule has 0 aliphatic carbocycles. The minimum atomic E-state index is -0.694. The number of esters is 1. The number of hydrogen-bond acceptors (Lipinski definition) is 7. The van der Waals surface area contributed by atoms with E-state index in [0.29, 0.717) is 47.7 Å². The van der Waals surface area contributed by atoms with Gasteiger partial charge in [-0.3, -0.25) is 9.36 Å². The van der Waals surface area contributed by atoms with E-state index in [1.54, 1.807) is 49.8 Å². The molecule has 222 valence electrons. The summed E-state index contributed by atoms with van der Waals surface area (Å²) in [7, 11) is 1.55. The highest BCUT2D eigenvalue weighted by atomic mass is 79.9. The number of carbonyl (C=O) groups excluding carboxylic acids is 1. The van der Waals surface area contributed by atoms with Crippen molar-refractivity contribution in [3.8, 4) is 11.5 Å². The molecule has 0 saturated heterocycles.